The van der Waals surface area contributed by atoms with Gasteiger partial charge in [-0.3, -0.25) is 4.90 Å². The average Bonchev–Trinajstić information content (AvgIpc) is 2.13. The maximum absolute atomic E-state index is 8.72. The highest BCUT2D eigenvalue weighted by atomic mass is 28.2. The average molecular weight is 205 g/mol. The van der Waals surface area contributed by atoms with Gasteiger partial charge >= 0.3 is 0 Å². The molecule has 4 nitrogen and oxygen atoms in total. The lowest BCUT2D eigenvalue weighted by Gasteiger charge is -2.19. The molecule has 0 bridgehead atoms. The minimum absolute atomic E-state index is 0.159. The van der Waals surface area contributed by atoms with Crippen LogP contribution in [0, 0.1) is 0 Å². The summed E-state index contributed by atoms with van der Waals surface area (Å²) in [6.45, 7) is 2.55. The predicted octanol–water partition coefficient (Wildman–Crippen LogP) is -0.653. The van der Waals surface area contributed by atoms with Crippen molar-refractivity contribution >= 4 is 9.76 Å². The van der Waals surface area contributed by atoms with Crippen LogP contribution in [0.15, 0.2) is 0 Å². The van der Waals surface area contributed by atoms with Gasteiger partial charge in [0.25, 0.3) is 0 Å². The molecule has 0 aromatic heterocycles. The van der Waals surface area contributed by atoms with Gasteiger partial charge in [-0.25, -0.2) is 0 Å². The van der Waals surface area contributed by atoms with Crippen LogP contribution in [-0.2, 0) is 4.43 Å². The molecule has 0 rings (SSSR count). The van der Waals surface area contributed by atoms with E-state index in [1.807, 2.05) is 0 Å². The van der Waals surface area contributed by atoms with Gasteiger partial charge in [-0.2, -0.15) is 0 Å². The van der Waals surface area contributed by atoms with Crippen LogP contribution >= 0.6 is 0 Å². The third kappa shape index (κ3) is 8.39. The normalized spacial score (nSPS) is 11.1. The van der Waals surface area contributed by atoms with Crippen molar-refractivity contribution in [2.75, 3.05) is 40.0 Å². The van der Waals surface area contributed by atoms with Crippen LogP contribution in [0.1, 0.15) is 6.42 Å². The third-order valence-electron chi connectivity index (χ3n) is 1.73. The lowest BCUT2D eigenvalue weighted by Crippen LogP contribution is -2.30. The second kappa shape index (κ2) is 10.1. The molecule has 2 N–H and O–H groups in total. The van der Waals surface area contributed by atoms with E-state index in [1.165, 1.54) is 0 Å². The first-order chi connectivity index (χ1) is 6.35. The second-order valence-electron chi connectivity index (χ2n) is 2.74. The summed E-state index contributed by atoms with van der Waals surface area (Å²) >= 11 is 0. The first kappa shape index (κ1) is 13.1. The number of hydrogen-bond acceptors (Lipinski definition) is 4. The van der Waals surface area contributed by atoms with Gasteiger partial charge in [0.1, 0.15) is 0 Å². The van der Waals surface area contributed by atoms with Crippen LogP contribution in [0.3, 0.4) is 0 Å². The summed E-state index contributed by atoms with van der Waals surface area (Å²) in [5.74, 6) is 0. The summed E-state index contributed by atoms with van der Waals surface area (Å²) in [5, 5.41) is 17.4. The van der Waals surface area contributed by atoms with Crippen molar-refractivity contribution in [1.82, 2.24) is 4.90 Å². The number of hydrogen-bond donors (Lipinski definition) is 2. The Bertz CT molecular complexity index is 99.4. The Morgan fingerprint density at radius 2 is 1.77 bits per heavy atom. The molecule has 0 aromatic carbocycles. The van der Waals surface area contributed by atoms with Crippen molar-refractivity contribution in [1.29, 1.82) is 0 Å². The molecule has 0 fully saturated rings. The zero-order chi connectivity index (χ0) is 9.94. The monoisotopic (exact) mass is 205 g/mol. The van der Waals surface area contributed by atoms with Crippen molar-refractivity contribution in [2.24, 2.45) is 0 Å². The fourth-order valence-electron chi connectivity index (χ4n) is 1.10. The van der Waals surface area contributed by atoms with Crippen molar-refractivity contribution in [2.45, 2.75) is 12.5 Å². The SMILES string of the molecule is CO[Si]CCCN(CCO)CCO. The predicted molar refractivity (Wildman–Crippen MR) is 52.8 cm³/mol. The van der Waals surface area contributed by atoms with Gasteiger partial charge in [0.05, 0.1) is 13.2 Å². The molecule has 0 saturated carbocycles. The minimum Gasteiger partial charge on any atom is -0.421 e. The Balaban J connectivity index is 3.33. The maximum Gasteiger partial charge on any atom is 0.229 e. The van der Waals surface area contributed by atoms with Crippen molar-refractivity contribution in [3.05, 3.63) is 0 Å². The molecule has 0 aliphatic rings. The van der Waals surface area contributed by atoms with Crippen LogP contribution in [0.5, 0.6) is 0 Å². The van der Waals surface area contributed by atoms with Gasteiger partial charge in [0.2, 0.25) is 9.76 Å². The van der Waals surface area contributed by atoms with E-state index in [0.29, 0.717) is 22.9 Å². The summed E-state index contributed by atoms with van der Waals surface area (Å²) in [6, 6.07) is 1.06. The van der Waals surface area contributed by atoms with E-state index < -0.39 is 0 Å². The molecule has 0 aliphatic carbocycles. The molecule has 0 atom stereocenters. The summed E-state index contributed by atoms with van der Waals surface area (Å²) in [4.78, 5) is 2.06. The van der Waals surface area contributed by atoms with Crippen LogP contribution in [-0.4, -0.2) is 64.8 Å². The maximum atomic E-state index is 8.72. The smallest absolute Gasteiger partial charge is 0.229 e. The second-order valence-corrected chi connectivity index (χ2v) is 3.94. The van der Waals surface area contributed by atoms with E-state index in [-0.39, 0.29) is 13.2 Å². The Labute approximate surface area is 82.5 Å². The third-order valence-corrected chi connectivity index (χ3v) is 2.58. The molecule has 5 heteroatoms. The zero-order valence-corrected chi connectivity index (χ0v) is 9.20. The number of aliphatic hydroxyl groups is 2. The first-order valence-electron chi connectivity index (χ1n) is 4.55. The van der Waals surface area contributed by atoms with Crippen LogP contribution in [0.2, 0.25) is 6.04 Å². The standard InChI is InChI=1S/C8H19NO3Si/c1-12-13-8-2-3-9(4-6-10)5-7-11/h10-11H,2-8H2,1H3. The molecule has 2 radical (unpaired) electrons. The minimum atomic E-state index is 0.159. The van der Waals surface area contributed by atoms with E-state index in [1.54, 1.807) is 7.11 Å². The fraction of sp³-hybridized carbons (Fsp3) is 1.00. The number of aliphatic hydroxyl groups excluding tert-OH is 2. The molecule has 0 aliphatic heterocycles. The molecular formula is C8H19NO3Si. The highest BCUT2D eigenvalue weighted by Gasteiger charge is 2.02. The summed E-state index contributed by atoms with van der Waals surface area (Å²) in [7, 11) is 2.27. The quantitative estimate of drug-likeness (QED) is 0.388. The summed E-state index contributed by atoms with van der Waals surface area (Å²) < 4.78 is 4.95. The molecule has 13 heavy (non-hydrogen) atoms. The summed E-state index contributed by atoms with van der Waals surface area (Å²) in [6.07, 6.45) is 1.06. The van der Waals surface area contributed by atoms with Gasteiger partial charge in [-0.05, 0) is 19.0 Å². The molecule has 0 amide bonds. The number of nitrogens with zero attached hydrogens (tertiary/aromatic N) is 1. The molecule has 0 spiro atoms. The van der Waals surface area contributed by atoms with Crippen molar-refractivity contribution in [3.8, 4) is 0 Å². The van der Waals surface area contributed by atoms with Crippen LogP contribution in [0.4, 0.5) is 0 Å². The first-order valence-corrected chi connectivity index (χ1v) is 5.66. The van der Waals surface area contributed by atoms with Gasteiger partial charge in [0, 0.05) is 20.2 Å². The Kier molecular flexibility index (Phi) is 10.2. The van der Waals surface area contributed by atoms with Crippen molar-refractivity contribution < 1.29 is 14.6 Å². The lowest BCUT2D eigenvalue weighted by atomic mass is 10.4. The summed E-state index contributed by atoms with van der Waals surface area (Å²) in [5.41, 5.74) is 0. The molecule has 0 saturated heterocycles. The zero-order valence-electron chi connectivity index (χ0n) is 8.20. The van der Waals surface area contributed by atoms with E-state index in [2.05, 4.69) is 4.90 Å². The lowest BCUT2D eigenvalue weighted by molar-refractivity contribution is 0.161. The Morgan fingerprint density at radius 3 is 2.23 bits per heavy atom. The van der Waals surface area contributed by atoms with E-state index in [0.717, 1.165) is 19.0 Å². The van der Waals surface area contributed by atoms with Gasteiger partial charge in [-0.15, -0.1) is 0 Å². The highest BCUT2D eigenvalue weighted by molar-refractivity contribution is 6.26. The molecular weight excluding hydrogens is 186 g/mol. The van der Waals surface area contributed by atoms with Crippen LogP contribution < -0.4 is 0 Å². The Morgan fingerprint density at radius 1 is 1.15 bits per heavy atom. The molecule has 0 heterocycles. The van der Waals surface area contributed by atoms with Crippen molar-refractivity contribution in [3.63, 3.8) is 0 Å². The molecule has 0 aromatic rings. The van der Waals surface area contributed by atoms with Gasteiger partial charge in [0.15, 0.2) is 0 Å². The van der Waals surface area contributed by atoms with E-state index >= 15 is 0 Å². The van der Waals surface area contributed by atoms with E-state index in [4.69, 9.17) is 14.6 Å². The topological polar surface area (TPSA) is 52.9 Å². The molecule has 78 valence electrons. The number of rotatable bonds is 9. The Hall–Kier alpha value is 0.0569. The van der Waals surface area contributed by atoms with Crippen LogP contribution in [0.25, 0.3) is 0 Å². The highest BCUT2D eigenvalue weighted by Crippen LogP contribution is 1.94. The largest absolute Gasteiger partial charge is 0.421 e. The van der Waals surface area contributed by atoms with E-state index in [9.17, 15) is 0 Å². The van der Waals surface area contributed by atoms with Gasteiger partial charge in [-0.1, -0.05) is 0 Å². The van der Waals surface area contributed by atoms with Gasteiger partial charge < -0.3 is 14.6 Å². The molecule has 0 unspecified atom stereocenters. The fourth-order valence-corrected chi connectivity index (χ4v) is 1.60.